The number of thioether (sulfide) groups is 1. The first kappa shape index (κ1) is 25.1. The van der Waals surface area contributed by atoms with E-state index in [2.05, 4.69) is 21.2 Å². The molecule has 172 valence electrons. The Hall–Kier alpha value is -2.57. The van der Waals surface area contributed by atoms with E-state index in [1.165, 1.54) is 11.8 Å². The average Bonchev–Trinajstić information content (AvgIpc) is 2.80. The second-order valence-corrected chi connectivity index (χ2v) is 10.1. The number of nitrogens with one attached hydrogen (secondary N) is 1. The van der Waals surface area contributed by atoms with E-state index in [1.807, 2.05) is 98.8 Å². The Balaban J connectivity index is 1.90. The number of amides is 2. The molecule has 1 unspecified atom stereocenters. The Kier molecular flexibility index (Phi) is 9.58. The van der Waals surface area contributed by atoms with Crippen LogP contribution in [0.4, 0.5) is 0 Å². The third-order valence-electron chi connectivity index (χ3n) is 5.05. The summed E-state index contributed by atoms with van der Waals surface area (Å²) in [7, 11) is 0. The molecule has 0 spiro atoms. The van der Waals surface area contributed by atoms with Crippen LogP contribution in [0.5, 0.6) is 0 Å². The van der Waals surface area contributed by atoms with E-state index in [4.69, 9.17) is 0 Å². The molecule has 0 aliphatic heterocycles. The van der Waals surface area contributed by atoms with Crippen molar-refractivity contribution < 1.29 is 9.59 Å². The number of hydrogen-bond donors (Lipinski definition) is 1. The topological polar surface area (TPSA) is 49.4 Å². The summed E-state index contributed by atoms with van der Waals surface area (Å²) in [6, 6.07) is 27.0. The van der Waals surface area contributed by atoms with Gasteiger partial charge in [0.05, 0.1) is 5.75 Å². The predicted octanol–water partition coefficient (Wildman–Crippen LogP) is 5.71. The summed E-state index contributed by atoms with van der Waals surface area (Å²) in [6.07, 6.45) is 0.454. The molecule has 0 aliphatic carbocycles. The Labute approximate surface area is 208 Å². The average molecular weight is 526 g/mol. The quantitative estimate of drug-likeness (QED) is 0.345. The van der Waals surface area contributed by atoms with Gasteiger partial charge in [0.15, 0.2) is 0 Å². The van der Waals surface area contributed by atoms with Gasteiger partial charge < -0.3 is 10.2 Å². The molecule has 6 heteroatoms. The van der Waals surface area contributed by atoms with Crippen LogP contribution in [0, 0.1) is 0 Å². The third-order valence-corrected chi connectivity index (χ3v) is 6.54. The lowest BCUT2D eigenvalue weighted by atomic mass is 10.0. The summed E-state index contributed by atoms with van der Waals surface area (Å²) >= 11 is 5.00. The lowest BCUT2D eigenvalue weighted by molar-refractivity contribution is -0.139. The molecular weight excluding hydrogens is 496 g/mol. The van der Waals surface area contributed by atoms with E-state index in [1.54, 1.807) is 4.90 Å². The minimum atomic E-state index is -0.613. The highest BCUT2D eigenvalue weighted by atomic mass is 79.9. The predicted molar refractivity (Wildman–Crippen MR) is 139 cm³/mol. The zero-order valence-corrected chi connectivity index (χ0v) is 21.3. The summed E-state index contributed by atoms with van der Waals surface area (Å²) in [6.45, 7) is 4.23. The minimum absolute atomic E-state index is 0.0164. The van der Waals surface area contributed by atoms with Crippen LogP contribution >= 0.6 is 27.7 Å². The van der Waals surface area contributed by atoms with Crippen molar-refractivity contribution in [3.8, 4) is 0 Å². The first-order chi connectivity index (χ1) is 15.9. The second-order valence-electron chi connectivity index (χ2n) is 8.12. The number of nitrogens with zero attached hydrogens (tertiary/aromatic N) is 1. The fourth-order valence-corrected chi connectivity index (χ4v) is 4.76. The van der Waals surface area contributed by atoms with Crippen molar-refractivity contribution >= 4 is 39.5 Å². The number of carbonyl (C=O) groups is 2. The highest BCUT2D eigenvalue weighted by Gasteiger charge is 2.30. The normalized spacial score (nSPS) is 11.8. The highest BCUT2D eigenvalue weighted by Crippen LogP contribution is 2.22. The SMILES string of the molecule is CC(C)NC(=O)C(Cc1ccccc1)N(Cc1cccc(Br)c1)C(=O)CSc1ccccc1. The summed E-state index contributed by atoms with van der Waals surface area (Å²) in [4.78, 5) is 29.6. The summed E-state index contributed by atoms with van der Waals surface area (Å²) < 4.78 is 0.942. The molecule has 0 bridgehead atoms. The van der Waals surface area contributed by atoms with Crippen molar-refractivity contribution in [2.75, 3.05) is 5.75 Å². The molecule has 0 radical (unpaired) electrons. The van der Waals surface area contributed by atoms with Gasteiger partial charge in [-0.25, -0.2) is 0 Å². The molecule has 0 saturated carbocycles. The van der Waals surface area contributed by atoms with Crippen molar-refractivity contribution in [1.82, 2.24) is 10.2 Å². The highest BCUT2D eigenvalue weighted by molar-refractivity contribution is 9.10. The molecule has 0 saturated heterocycles. The van der Waals surface area contributed by atoms with E-state index in [9.17, 15) is 9.59 Å². The van der Waals surface area contributed by atoms with Crippen molar-refractivity contribution in [3.05, 3.63) is 101 Å². The van der Waals surface area contributed by atoms with Crippen LogP contribution in [0.15, 0.2) is 94.3 Å². The second kappa shape index (κ2) is 12.6. The van der Waals surface area contributed by atoms with Gasteiger partial charge in [0.25, 0.3) is 0 Å². The van der Waals surface area contributed by atoms with E-state index >= 15 is 0 Å². The van der Waals surface area contributed by atoms with Gasteiger partial charge in [-0.3, -0.25) is 9.59 Å². The maximum Gasteiger partial charge on any atom is 0.243 e. The molecule has 3 aromatic rings. The smallest absolute Gasteiger partial charge is 0.243 e. The molecule has 4 nitrogen and oxygen atoms in total. The summed E-state index contributed by atoms with van der Waals surface area (Å²) in [5, 5.41) is 3.02. The van der Waals surface area contributed by atoms with Crippen molar-refractivity contribution in [3.63, 3.8) is 0 Å². The first-order valence-electron chi connectivity index (χ1n) is 11.0. The fourth-order valence-electron chi connectivity index (χ4n) is 3.51. The van der Waals surface area contributed by atoms with Crippen molar-refractivity contribution in [1.29, 1.82) is 0 Å². The number of halogens is 1. The largest absolute Gasteiger partial charge is 0.352 e. The lowest BCUT2D eigenvalue weighted by Gasteiger charge is -2.32. The van der Waals surface area contributed by atoms with Crippen molar-refractivity contribution in [2.24, 2.45) is 0 Å². The zero-order valence-electron chi connectivity index (χ0n) is 18.9. The molecule has 33 heavy (non-hydrogen) atoms. The molecule has 0 heterocycles. The fraction of sp³-hybridized carbons (Fsp3) is 0.259. The monoisotopic (exact) mass is 524 g/mol. The minimum Gasteiger partial charge on any atom is -0.352 e. The molecule has 0 fully saturated rings. The van der Waals surface area contributed by atoms with Crippen LogP contribution in [-0.2, 0) is 22.6 Å². The van der Waals surface area contributed by atoms with Crippen LogP contribution in [0.2, 0.25) is 0 Å². The van der Waals surface area contributed by atoms with Crippen LogP contribution < -0.4 is 5.32 Å². The van der Waals surface area contributed by atoms with Gasteiger partial charge in [-0.05, 0) is 49.2 Å². The molecule has 3 aromatic carbocycles. The number of benzene rings is 3. The molecule has 1 atom stereocenters. The summed E-state index contributed by atoms with van der Waals surface area (Å²) in [5.74, 6) is 0.0590. The Morgan fingerprint density at radius 2 is 1.55 bits per heavy atom. The van der Waals surface area contributed by atoms with E-state index in [0.717, 1.165) is 20.5 Å². The summed E-state index contributed by atoms with van der Waals surface area (Å²) in [5.41, 5.74) is 1.99. The van der Waals surface area contributed by atoms with Gasteiger partial charge in [-0.1, -0.05) is 76.6 Å². The maximum absolute atomic E-state index is 13.5. The molecule has 3 rings (SSSR count). The van der Waals surface area contributed by atoms with Crippen LogP contribution in [0.3, 0.4) is 0 Å². The Bertz CT molecular complexity index is 1040. The van der Waals surface area contributed by atoms with Gasteiger partial charge in [0.1, 0.15) is 6.04 Å². The lowest BCUT2D eigenvalue weighted by Crippen LogP contribution is -2.52. The number of carbonyl (C=O) groups excluding carboxylic acids is 2. The molecular formula is C27H29BrN2O2S. The van der Waals surface area contributed by atoms with Gasteiger partial charge in [-0.15, -0.1) is 11.8 Å². The molecule has 2 amide bonds. The maximum atomic E-state index is 13.5. The van der Waals surface area contributed by atoms with E-state index in [-0.39, 0.29) is 23.6 Å². The standard InChI is InChI=1S/C27H29BrN2O2S/c1-20(2)29-27(32)25(17-21-10-5-3-6-11-21)30(18-22-12-9-13-23(28)16-22)26(31)19-33-24-14-7-4-8-15-24/h3-16,20,25H,17-19H2,1-2H3,(H,29,32). The zero-order chi connectivity index (χ0) is 23.6. The van der Waals surface area contributed by atoms with E-state index in [0.29, 0.717) is 13.0 Å². The van der Waals surface area contributed by atoms with Gasteiger partial charge in [-0.2, -0.15) is 0 Å². The van der Waals surface area contributed by atoms with Crippen LogP contribution in [-0.4, -0.2) is 34.6 Å². The molecule has 0 aliphatic rings. The van der Waals surface area contributed by atoms with Crippen molar-refractivity contribution in [2.45, 2.75) is 43.8 Å². The number of hydrogen-bond acceptors (Lipinski definition) is 3. The third kappa shape index (κ3) is 8.06. The van der Waals surface area contributed by atoms with Gasteiger partial charge in [0, 0.05) is 28.4 Å². The Morgan fingerprint density at radius 1 is 0.909 bits per heavy atom. The van der Waals surface area contributed by atoms with Crippen LogP contribution in [0.25, 0.3) is 0 Å². The first-order valence-corrected chi connectivity index (χ1v) is 12.8. The number of rotatable bonds is 10. The molecule has 1 N–H and O–H groups in total. The molecule has 0 aromatic heterocycles. The Morgan fingerprint density at radius 3 is 2.18 bits per heavy atom. The van der Waals surface area contributed by atoms with Gasteiger partial charge in [0.2, 0.25) is 11.8 Å². The van der Waals surface area contributed by atoms with Gasteiger partial charge >= 0.3 is 0 Å². The van der Waals surface area contributed by atoms with Crippen LogP contribution in [0.1, 0.15) is 25.0 Å². The van der Waals surface area contributed by atoms with E-state index < -0.39 is 6.04 Å².